The van der Waals surface area contributed by atoms with Crippen LogP contribution in [0.2, 0.25) is 0 Å². The molecule has 2 aliphatic carbocycles. The number of carbonyl (C=O) groups is 1. The molecule has 2 unspecified atom stereocenters. The molecule has 1 heterocycles. The molecule has 4 nitrogen and oxygen atoms in total. The van der Waals surface area contributed by atoms with E-state index in [-0.39, 0.29) is 11.8 Å². The fraction of sp³-hybridized carbons (Fsp3) is 0.0816. The van der Waals surface area contributed by atoms with Crippen molar-refractivity contribution >= 4 is 46.5 Å². The molecule has 6 aromatic rings. The van der Waals surface area contributed by atoms with Gasteiger partial charge < -0.3 is 14.4 Å². The largest absolute Gasteiger partial charge is 0.311 e. The molecule has 0 saturated heterocycles. The third-order valence-electron chi connectivity index (χ3n) is 9.92. The van der Waals surface area contributed by atoms with E-state index in [9.17, 15) is 4.79 Å². The lowest BCUT2D eigenvalue weighted by Crippen LogP contribution is -2.17. The number of allylic oxidation sites excluding steroid dienone is 8. The first kappa shape index (κ1) is 33.5. The van der Waals surface area contributed by atoms with Crippen LogP contribution in [0.15, 0.2) is 206 Å². The Bertz CT molecular complexity index is 2220. The number of hydrogen-bond donors (Lipinski definition) is 0. The van der Waals surface area contributed by atoms with E-state index in [1.807, 2.05) is 36.4 Å². The second-order valence-electron chi connectivity index (χ2n) is 13.3. The van der Waals surface area contributed by atoms with Crippen LogP contribution < -0.4 is 9.80 Å². The first-order valence-electron chi connectivity index (χ1n) is 18.3. The van der Waals surface area contributed by atoms with Crippen molar-refractivity contribution in [1.82, 2.24) is 4.57 Å². The van der Waals surface area contributed by atoms with Crippen molar-refractivity contribution in [3.05, 3.63) is 223 Å². The Balaban J connectivity index is 0.965. The van der Waals surface area contributed by atoms with Crippen molar-refractivity contribution in [3.63, 3.8) is 0 Å². The number of aldehydes is 1. The summed E-state index contributed by atoms with van der Waals surface area (Å²) < 4.78 is 2.07. The van der Waals surface area contributed by atoms with Crippen LogP contribution >= 0.6 is 0 Å². The summed E-state index contributed by atoms with van der Waals surface area (Å²) in [5.41, 5.74) is 10.7. The normalized spacial score (nSPS) is 16.6. The molecule has 8 rings (SSSR count). The maximum Gasteiger partial charge on any atom is 0.166 e. The third kappa shape index (κ3) is 7.40. The summed E-state index contributed by atoms with van der Waals surface area (Å²) in [6, 6.07) is 54.8. The molecule has 0 N–H and O–H groups in total. The van der Waals surface area contributed by atoms with Crippen LogP contribution in [0.3, 0.4) is 0 Å². The van der Waals surface area contributed by atoms with Crippen molar-refractivity contribution in [1.29, 1.82) is 0 Å². The van der Waals surface area contributed by atoms with Gasteiger partial charge in [0.05, 0.1) is 5.69 Å². The fourth-order valence-electron chi connectivity index (χ4n) is 7.24. The van der Waals surface area contributed by atoms with Crippen molar-refractivity contribution < 1.29 is 4.79 Å². The maximum atomic E-state index is 12.2. The van der Waals surface area contributed by atoms with Gasteiger partial charge in [-0.2, -0.15) is 0 Å². The zero-order chi connectivity index (χ0) is 35.8. The minimum absolute atomic E-state index is 0.248. The van der Waals surface area contributed by atoms with Gasteiger partial charge in [0.25, 0.3) is 0 Å². The van der Waals surface area contributed by atoms with Crippen LogP contribution in [0.4, 0.5) is 28.4 Å². The zero-order valence-electron chi connectivity index (χ0n) is 29.5. The van der Waals surface area contributed by atoms with Crippen LogP contribution in [0.1, 0.15) is 40.5 Å². The van der Waals surface area contributed by atoms with Crippen molar-refractivity contribution in [2.45, 2.75) is 18.8 Å². The third-order valence-corrected chi connectivity index (χ3v) is 9.92. The molecule has 0 saturated carbocycles. The van der Waals surface area contributed by atoms with Gasteiger partial charge in [-0.3, -0.25) is 4.79 Å². The minimum atomic E-state index is 0.248. The maximum absolute atomic E-state index is 12.2. The first-order chi connectivity index (χ1) is 26.2. The van der Waals surface area contributed by atoms with Crippen LogP contribution in [-0.4, -0.2) is 10.9 Å². The SMILES string of the molecule is O=Cc1ccc(/C=C/C2C=CC(N(c3ccccc3)c3ccccc3)=CC2)n1C1=CCC(c2ccc(N(c3ccccc3)c3ccccc3)cc2)C=C1. The Kier molecular flexibility index (Phi) is 9.93. The van der Waals surface area contributed by atoms with Crippen molar-refractivity contribution in [2.75, 3.05) is 9.80 Å². The summed E-state index contributed by atoms with van der Waals surface area (Å²) >= 11 is 0. The van der Waals surface area contributed by atoms with E-state index in [4.69, 9.17) is 0 Å². The summed E-state index contributed by atoms with van der Waals surface area (Å²) in [4.78, 5) is 16.8. The second-order valence-corrected chi connectivity index (χ2v) is 13.3. The van der Waals surface area contributed by atoms with Gasteiger partial charge in [0.15, 0.2) is 6.29 Å². The molecule has 5 aromatic carbocycles. The van der Waals surface area contributed by atoms with Gasteiger partial charge in [0.1, 0.15) is 0 Å². The van der Waals surface area contributed by atoms with E-state index in [0.717, 1.165) is 64.7 Å². The van der Waals surface area contributed by atoms with Crippen molar-refractivity contribution in [3.8, 4) is 0 Å². The average molecular weight is 688 g/mol. The van der Waals surface area contributed by atoms with Crippen LogP contribution in [0.5, 0.6) is 0 Å². The number of anilines is 5. The highest BCUT2D eigenvalue weighted by Gasteiger charge is 2.19. The van der Waals surface area contributed by atoms with Crippen LogP contribution in [0, 0.1) is 5.92 Å². The van der Waals surface area contributed by atoms with Gasteiger partial charge in [0.2, 0.25) is 0 Å². The first-order valence-corrected chi connectivity index (χ1v) is 18.3. The van der Waals surface area contributed by atoms with E-state index in [1.165, 1.54) is 5.56 Å². The fourth-order valence-corrected chi connectivity index (χ4v) is 7.24. The summed E-state index contributed by atoms with van der Waals surface area (Å²) in [6.45, 7) is 0. The summed E-state index contributed by atoms with van der Waals surface area (Å²) in [5.74, 6) is 0.502. The average Bonchev–Trinajstić information content (AvgIpc) is 3.66. The monoisotopic (exact) mass is 687 g/mol. The lowest BCUT2D eigenvalue weighted by Gasteiger charge is -2.28. The van der Waals surface area contributed by atoms with E-state index < -0.39 is 0 Å². The standard InChI is InChI=1S/C49H41N3O/c53-37-49-36-35-46(30-23-38-21-28-45(29-22-38)50(41-13-5-1-6-14-41)42-15-7-2-8-16-42)52(49)48-33-26-40(27-34-48)39-24-31-47(32-25-39)51(43-17-9-3-10-18-43)44-19-11-4-12-20-44/h1-21,23-26,28-38,40H,22,27H2/b30-23+. The molecule has 53 heavy (non-hydrogen) atoms. The van der Waals surface area contributed by atoms with Gasteiger partial charge in [-0.25, -0.2) is 0 Å². The predicted molar refractivity (Wildman–Crippen MR) is 221 cm³/mol. The lowest BCUT2D eigenvalue weighted by atomic mass is 9.91. The number of benzene rings is 5. The van der Waals surface area contributed by atoms with E-state index >= 15 is 0 Å². The number of hydrogen-bond acceptors (Lipinski definition) is 3. The van der Waals surface area contributed by atoms with E-state index in [2.05, 4.69) is 184 Å². The molecule has 0 bridgehead atoms. The Morgan fingerprint density at radius 3 is 1.53 bits per heavy atom. The quantitative estimate of drug-likeness (QED) is 0.127. The molecule has 4 heteroatoms. The molecule has 258 valence electrons. The van der Waals surface area contributed by atoms with E-state index in [0.29, 0.717) is 5.69 Å². The van der Waals surface area contributed by atoms with Crippen molar-refractivity contribution in [2.24, 2.45) is 5.92 Å². The molecule has 0 radical (unpaired) electrons. The molecular formula is C49H41N3O. The molecule has 2 atom stereocenters. The highest BCUT2D eigenvalue weighted by molar-refractivity contribution is 5.80. The Labute approximate surface area is 312 Å². The van der Waals surface area contributed by atoms with Gasteiger partial charge in [0, 0.05) is 51.4 Å². The summed E-state index contributed by atoms with van der Waals surface area (Å²) in [6.07, 6.45) is 20.5. The molecule has 2 aliphatic rings. The molecular weight excluding hydrogens is 647 g/mol. The Morgan fingerprint density at radius 1 is 0.509 bits per heavy atom. The smallest absolute Gasteiger partial charge is 0.166 e. The molecule has 0 aliphatic heterocycles. The molecule has 0 amide bonds. The minimum Gasteiger partial charge on any atom is -0.311 e. The molecule has 0 fully saturated rings. The van der Waals surface area contributed by atoms with Crippen LogP contribution in [-0.2, 0) is 0 Å². The lowest BCUT2D eigenvalue weighted by molar-refractivity contribution is 0.111. The van der Waals surface area contributed by atoms with E-state index in [1.54, 1.807) is 0 Å². The van der Waals surface area contributed by atoms with Gasteiger partial charge in [-0.1, -0.05) is 115 Å². The Hall–Kier alpha value is -6.65. The molecule has 1 aromatic heterocycles. The number of rotatable bonds is 11. The number of carbonyl (C=O) groups excluding carboxylic acids is 1. The van der Waals surface area contributed by atoms with Crippen LogP contribution in [0.25, 0.3) is 11.8 Å². The number of aromatic nitrogens is 1. The number of nitrogens with zero attached hydrogens (tertiary/aromatic N) is 3. The summed E-state index contributed by atoms with van der Waals surface area (Å²) in [7, 11) is 0. The number of para-hydroxylation sites is 4. The highest BCUT2D eigenvalue weighted by atomic mass is 16.1. The van der Waals surface area contributed by atoms with Gasteiger partial charge in [-0.05, 0) is 115 Å². The Morgan fingerprint density at radius 2 is 1.04 bits per heavy atom. The van der Waals surface area contributed by atoms with Gasteiger partial charge >= 0.3 is 0 Å². The topological polar surface area (TPSA) is 28.5 Å². The second kappa shape index (κ2) is 15.7. The predicted octanol–water partition coefficient (Wildman–Crippen LogP) is 12.7. The molecule has 0 spiro atoms. The van der Waals surface area contributed by atoms with Gasteiger partial charge in [-0.15, -0.1) is 0 Å². The zero-order valence-corrected chi connectivity index (χ0v) is 29.5. The highest BCUT2D eigenvalue weighted by Crippen LogP contribution is 2.37. The summed E-state index contributed by atoms with van der Waals surface area (Å²) in [5, 5.41) is 0.